The van der Waals surface area contributed by atoms with E-state index in [4.69, 9.17) is 5.26 Å². The molecule has 0 aliphatic rings. The largest absolute Gasteiger partial charge is 0.405 e. The molecule has 0 saturated heterocycles. The number of nitrogens with zero attached hydrogens (tertiary/aromatic N) is 2. The molecule has 0 saturated carbocycles. The van der Waals surface area contributed by atoms with Crippen LogP contribution in [0.25, 0.3) is 0 Å². The van der Waals surface area contributed by atoms with Gasteiger partial charge in [0.05, 0.1) is 11.3 Å². The highest BCUT2D eigenvalue weighted by atomic mass is 32.2. The van der Waals surface area contributed by atoms with E-state index in [1.165, 1.54) is 24.9 Å². The maximum Gasteiger partial charge on any atom is 0.405 e. The molecule has 0 radical (unpaired) electrons. The van der Waals surface area contributed by atoms with Crippen LogP contribution in [0.3, 0.4) is 0 Å². The van der Waals surface area contributed by atoms with Crippen LogP contribution in [0.4, 0.5) is 18.9 Å². The standard InChI is InChI=1S/C12H13F3N2S/c1-3-18-11-6-4-5-10(9(11)7-16)17(2)8-12(13,14)15/h4-6H,3,8H2,1-2H3. The van der Waals surface area contributed by atoms with Gasteiger partial charge in [-0.05, 0) is 17.9 Å². The summed E-state index contributed by atoms with van der Waals surface area (Å²) in [4.78, 5) is 1.77. The summed E-state index contributed by atoms with van der Waals surface area (Å²) in [7, 11) is 1.34. The molecular weight excluding hydrogens is 261 g/mol. The van der Waals surface area contributed by atoms with Crippen LogP contribution in [-0.2, 0) is 0 Å². The third-order valence-corrected chi connectivity index (χ3v) is 3.18. The lowest BCUT2D eigenvalue weighted by atomic mass is 10.2. The van der Waals surface area contributed by atoms with E-state index in [1.807, 2.05) is 13.0 Å². The Bertz CT molecular complexity index is 452. The number of hydrogen-bond acceptors (Lipinski definition) is 3. The monoisotopic (exact) mass is 274 g/mol. The first-order valence-corrected chi connectivity index (χ1v) is 6.31. The maximum atomic E-state index is 12.3. The number of halogens is 3. The Morgan fingerprint density at radius 1 is 1.39 bits per heavy atom. The van der Waals surface area contributed by atoms with Gasteiger partial charge in [-0.1, -0.05) is 13.0 Å². The van der Waals surface area contributed by atoms with Crippen LogP contribution in [0, 0.1) is 11.3 Å². The number of rotatable bonds is 4. The molecule has 0 heterocycles. The van der Waals surface area contributed by atoms with Crippen molar-refractivity contribution in [3.8, 4) is 6.07 Å². The molecule has 18 heavy (non-hydrogen) atoms. The van der Waals surface area contributed by atoms with E-state index < -0.39 is 12.7 Å². The van der Waals surface area contributed by atoms with Gasteiger partial charge in [0.1, 0.15) is 12.6 Å². The molecule has 1 aromatic rings. The molecular formula is C12H13F3N2S. The SMILES string of the molecule is CCSc1cccc(N(C)CC(F)(F)F)c1C#N. The number of nitriles is 1. The van der Waals surface area contributed by atoms with Gasteiger partial charge < -0.3 is 4.90 Å². The normalized spacial score (nSPS) is 11.1. The Balaban J connectivity index is 3.09. The molecule has 2 nitrogen and oxygen atoms in total. The van der Waals surface area contributed by atoms with E-state index in [0.717, 1.165) is 10.7 Å². The van der Waals surface area contributed by atoms with Crippen molar-refractivity contribution < 1.29 is 13.2 Å². The van der Waals surface area contributed by atoms with Gasteiger partial charge in [-0.25, -0.2) is 0 Å². The van der Waals surface area contributed by atoms with Gasteiger partial charge in [-0.3, -0.25) is 0 Å². The Morgan fingerprint density at radius 2 is 2.06 bits per heavy atom. The molecule has 0 amide bonds. The van der Waals surface area contributed by atoms with E-state index in [1.54, 1.807) is 12.1 Å². The Labute approximate surface area is 108 Å². The van der Waals surface area contributed by atoms with Gasteiger partial charge in [-0.2, -0.15) is 18.4 Å². The number of benzene rings is 1. The fraction of sp³-hybridized carbons (Fsp3) is 0.417. The lowest BCUT2D eigenvalue weighted by Gasteiger charge is -2.22. The minimum atomic E-state index is -4.28. The fourth-order valence-corrected chi connectivity index (χ4v) is 2.36. The third kappa shape index (κ3) is 3.84. The molecule has 1 aromatic carbocycles. The molecule has 0 aromatic heterocycles. The zero-order chi connectivity index (χ0) is 13.8. The first-order valence-electron chi connectivity index (χ1n) is 5.33. The van der Waals surface area contributed by atoms with E-state index in [-0.39, 0.29) is 0 Å². The minimum absolute atomic E-state index is 0.302. The molecule has 98 valence electrons. The van der Waals surface area contributed by atoms with Crippen LogP contribution in [0.1, 0.15) is 12.5 Å². The molecule has 0 fully saturated rings. The summed E-state index contributed by atoms with van der Waals surface area (Å²) in [5, 5.41) is 9.10. The van der Waals surface area contributed by atoms with Crippen LogP contribution >= 0.6 is 11.8 Å². The summed E-state index contributed by atoms with van der Waals surface area (Å²) in [5.74, 6) is 0.765. The second-order valence-corrected chi connectivity index (χ2v) is 4.97. The molecule has 0 aliphatic carbocycles. The lowest BCUT2D eigenvalue weighted by Crippen LogP contribution is -2.31. The smallest absolute Gasteiger partial charge is 0.365 e. The van der Waals surface area contributed by atoms with Crippen molar-refractivity contribution in [2.45, 2.75) is 18.0 Å². The van der Waals surface area contributed by atoms with Crippen molar-refractivity contribution >= 4 is 17.4 Å². The molecule has 0 bridgehead atoms. The average Bonchev–Trinajstić information content (AvgIpc) is 2.27. The summed E-state index contributed by atoms with van der Waals surface area (Å²) < 4.78 is 37.0. The quantitative estimate of drug-likeness (QED) is 0.784. The van der Waals surface area contributed by atoms with Crippen molar-refractivity contribution in [1.82, 2.24) is 0 Å². The average molecular weight is 274 g/mol. The number of thioether (sulfide) groups is 1. The Hall–Kier alpha value is -1.35. The Morgan fingerprint density at radius 3 is 2.56 bits per heavy atom. The number of anilines is 1. The van der Waals surface area contributed by atoms with Crippen molar-refractivity contribution in [2.75, 3.05) is 24.2 Å². The topological polar surface area (TPSA) is 27.0 Å². The summed E-state index contributed by atoms with van der Waals surface area (Å²) in [5.41, 5.74) is 0.615. The van der Waals surface area contributed by atoms with Crippen molar-refractivity contribution in [3.63, 3.8) is 0 Å². The predicted molar refractivity (Wildman–Crippen MR) is 66.9 cm³/mol. The third-order valence-electron chi connectivity index (χ3n) is 2.24. The van der Waals surface area contributed by atoms with Crippen LogP contribution < -0.4 is 4.90 Å². The molecule has 0 spiro atoms. The summed E-state index contributed by atoms with van der Waals surface area (Å²) in [6, 6.07) is 6.93. The van der Waals surface area contributed by atoms with E-state index >= 15 is 0 Å². The van der Waals surface area contributed by atoms with E-state index in [9.17, 15) is 13.2 Å². The first kappa shape index (κ1) is 14.7. The summed E-state index contributed by atoms with van der Waals surface area (Å²) in [6.07, 6.45) is -4.28. The zero-order valence-electron chi connectivity index (χ0n) is 10.1. The van der Waals surface area contributed by atoms with Gasteiger partial charge in [-0.15, -0.1) is 11.8 Å². The van der Waals surface area contributed by atoms with Gasteiger partial charge >= 0.3 is 6.18 Å². The molecule has 6 heteroatoms. The van der Waals surface area contributed by atoms with E-state index in [2.05, 4.69) is 0 Å². The second-order valence-electron chi connectivity index (χ2n) is 3.67. The molecule has 1 rings (SSSR count). The van der Waals surface area contributed by atoms with Crippen molar-refractivity contribution in [3.05, 3.63) is 23.8 Å². The maximum absolute atomic E-state index is 12.3. The van der Waals surface area contributed by atoms with Crippen LogP contribution in [0.15, 0.2) is 23.1 Å². The highest BCUT2D eigenvalue weighted by Gasteiger charge is 2.30. The number of alkyl halides is 3. The van der Waals surface area contributed by atoms with Crippen LogP contribution in [-0.4, -0.2) is 25.5 Å². The second kappa shape index (κ2) is 6.01. The summed E-state index contributed by atoms with van der Waals surface area (Å²) >= 11 is 1.45. The zero-order valence-corrected chi connectivity index (χ0v) is 10.9. The van der Waals surface area contributed by atoms with Crippen molar-refractivity contribution in [2.24, 2.45) is 0 Å². The first-order chi connectivity index (χ1) is 8.39. The van der Waals surface area contributed by atoms with Gasteiger partial charge in [0.2, 0.25) is 0 Å². The molecule has 0 unspecified atom stereocenters. The summed E-state index contributed by atoms with van der Waals surface area (Å²) in [6.45, 7) is 0.861. The van der Waals surface area contributed by atoms with Gasteiger partial charge in [0.25, 0.3) is 0 Å². The van der Waals surface area contributed by atoms with Gasteiger partial charge in [0, 0.05) is 11.9 Å². The Kier molecular flexibility index (Phi) is 4.91. The minimum Gasteiger partial charge on any atom is -0.365 e. The van der Waals surface area contributed by atoms with Gasteiger partial charge in [0.15, 0.2) is 0 Å². The highest BCUT2D eigenvalue weighted by Crippen LogP contribution is 2.31. The highest BCUT2D eigenvalue weighted by molar-refractivity contribution is 7.99. The van der Waals surface area contributed by atoms with E-state index in [0.29, 0.717) is 16.1 Å². The lowest BCUT2D eigenvalue weighted by molar-refractivity contribution is -0.119. The van der Waals surface area contributed by atoms with Crippen molar-refractivity contribution in [1.29, 1.82) is 5.26 Å². The molecule has 0 N–H and O–H groups in total. The molecule has 0 atom stereocenters. The fourth-order valence-electron chi connectivity index (χ4n) is 1.58. The molecule has 0 aliphatic heterocycles. The van der Waals surface area contributed by atoms with Crippen LogP contribution in [0.2, 0.25) is 0 Å². The predicted octanol–water partition coefficient (Wildman–Crippen LogP) is 3.67. The van der Waals surface area contributed by atoms with Crippen LogP contribution in [0.5, 0.6) is 0 Å². The number of hydrogen-bond donors (Lipinski definition) is 0.